The van der Waals surface area contributed by atoms with Crippen LogP contribution in [0.25, 0.3) is 11.1 Å². The second-order valence-corrected chi connectivity index (χ2v) is 7.23. The number of hydrogen-bond acceptors (Lipinski definition) is 4. The Kier molecular flexibility index (Phi) is 3.31. The van der Waals surface area contributed by atoms with Crippen LogP contribution in [-0.2, 0) is 10.3 Å². The van der Waals surface area contributed by atoms with E-state index in [9.17, 15) is 0 Å². The highest BCUT2D eigenvalue weighted by Crippen LogP contribution is 2.51. The van der Waals surface area contributed by atoms with Crippen molar-refractivity contribution < 1.29 is 9.47 Å². The van der Waals surface area contributed by atoms with Crippen LogP contribution in [0.4, 0.5) is 0 Å². The monoisotopic (exact) mass is 356 g/mol. The molecule has 1 atom stereocenters. The van der Waals surface area contributed by atoms with E-state index < -0.39 is 5.54 Å². The number of aryl methyl sites for hydroxylation is 2. The normalized spacial score (nSPS) is 19.7. The van der Waals surface area contributed by atoms with E-state index in [1.165, 1.54) is 11.1 Å². The fourth-order valence-electron chi connectivity index (χ4n) is 4.03. The first kappa shape index (κ1) is 15.9. The van der Waals surface area contributed by atoms with Gasteiger partial charge in [-0.05, 0) is 54.3 Å². The topological polar surface area (TPSA) is 56.8 Å². The molecule has 2 aliphatic heterocycles. The predicted molar refractivity (Wildman–Crippen MR) is 106 cm³/mol. The summed E-state index contributed by atoms with van der Waals surface area (Å²) in [6.45, 7) is 4.55. The van der Waals surface area contributed by atoms with Gasteiger partial charge in [0, 0.05) is 11.1 Å². The molecule has 0 radical (unpaired) electrons. The molecule has 1 spiro atoms. The van der Waals surface area contributed by atoms with Crippen molar-refractivity contribution in [3.63, 3.8) is 0 Å². The van der Waals surface area contributed by atoms with Crippen molar-refractivity contribution in [3.8, 4) is 22.6 Å². The molecule has 2 N–H and O–H groups in total. The van der Waals surface area contributed by atoms with Gasteiger partial charge in [-0.25, -0.2) is 4.99 Å². The number of aliphatic imine (C=N–C) groups is 1. The summed E-state index contributed by atoms with van der Waals surface area (Å²) < 4.78 is 11.9. The van der Waals surface area contributed by atoms with E-state index >= 15 is 0 Å². The Labute approximate surface area is 158 Å². The average Bonchev–Trinajstić information content (AvgIpc) is 3.04. The summed E-state index contributed by atoms with van der Waals surface area (Å²) in [4.78, 5) is 4.74. The minimum Gasteiger partial charge on any atom is -0.462 e. The third kappa shape index (κ3) is 2.33. The molecular formula is C23H20N2O2. The maximum Gasteiger partial charge on any atom is 0.283 e. The van der Waals surface area contributed by atoms with E-state index in [2.05, 4.69) is 62.4 Å². The zero-order valence-corrected chi connectivity index (χ0v) is 15.3. The van der Waals surface area contributed by atoms with Crippen LogP contribution >= 0.6 is 0 Å². The smallest absolute Gasteiger partial charge is 0.283 e. The van der Waals surface area contributed by atoms with Gasteiger partial charge in [-0.1, -0.05) is 42.5 Å². The Morgan fingerprint density at radius 3 is 2.56 bits per heavy atom. The fourth-order valence-corrected chi connectivity index (χ4v) is 4.03. The first-order valence-corrected chi connectivity index (χ1v) is 9.04. The lowest BCUT2D eigenvalue weighted by Crippen LogP contribution is -2.31. The minimum absolute atomic E-state index is 0.218. The Bertz CT molecular complexity index is 1100. The molecule has 0 fully saturated rings. The van der Waals surface area contributed by atoms with Gasteiger partial charge in [0.25, 0.3) is 6.02 Å². The van der Waals surface area contributed by atoms with Crippen LogP contribution in [0, 0.1) is 13.8 Å². The molecule has 27 heavy (non-hydrogen) atoms. The van der Waals surface area contributed by atoms with Gasteiger partial charge >= 0.3 is 0 Å². The van der Waals surface area contributed by atoms with E-state index in [1.807, 2.05) is 12.1 Å². The van der Waals surface area contributed by atoms with Gasteiger partial charge in [-0.15, -0.1) is 0 Å². The lowest BCUT2D eigenvalue weighted by Gasteiger charge is -2.34. The van der Waals surface area contributed by atoms with E-state index in [0.29, 0.717) is 6.61 Å². The molecule has 3 aromatic carbocycles. The van der Waals surface area contributed by atoms with Crippen LogP contribution < -0.4 is 10.5 Å². The maximum atomic E-state index is 6.24. The summed E-state index contributed by atoms with van der Waals surface area (Å²) in [5.41, 5.74) is 11.9. The van der Waals surface area contributed by atoms with Gasteiger partial charge in [-0.3, -0.25) is 0 Å². The Morgan fingerprint density at radius 1 is 0.926 bits per heavy atom. The number of nitrogens with zero attached hydrogens (tertiary/aromatic N) is 1. The minimum atomic E-state index is -0.667. The third-order valence-corrected chi connectivity index (χ3v) is 5.41. The van der Waals surface area contributed by atoms with Crippen molar-refractivity contribution in [1.29, 1.82) is 0 Å². The number of nitrogens with two attached hydrogens (primary N) is 1. The lowest BCUT2D eigenvalue weighted by atomic mass is 9.80. The van der Waals surface area contributed by atoms with Crippen LogP contribution in [-0.4, -0.2) is 12.6 Å². The van der Waals surface area contributed by atoms with Gasteiger partial charge < -0.3 is 15.2 Å². The Morgan fingerprint density at radius 2 is 1.78 bits per heavy atom. The summed E-state index contributed by atoms with van der Waals surface area (Å²) in [6, 6.07) is 21.0. The van der Waals surface area contributed by atoms with Crippen molar-refractivity contribution >= 4 is 6.02 Å². The lowest BCUT2D eigenvalue weighted by molar-refractivity contribution is 0.264. The zero-order valence-electron chi connectivity index (χ0n) is 15.3. The highest BCUT2D eigenvalue weighted by atomic mass is 16.5. The van der Waals surface area contributed by atoms with Crippen molar-refractivity contribution in [1.82, 2.24) is 0 Å². The zero-order chi connectivity index (χ0) is 18.6. The molecular weight excluding hydrogens is 336 g/mol. The summed E-state index contributed by atoms with van der Waals surface area (Å²) >= 11 is 0. The first-order valence-electron chi connectivity index (χ1n) is 9.04. The fraction of sp³-hybridized carbons (Fsp3) is 0.174. The van der Waals surface area contributed by atoms with Crippen molar-refractivity contribution in [2.75, 3.05) is 6.61 Å². The molecule has 0 saturated carbocycles. The largest absolute Gasteiger partial charge is 0.462 e. The second kappa shape index (κ2) is 5.61. The first-order chi connectivity index (χ1) is 13.1. The molecule has 0 aromatic heterocycles. The molecule has 1 unspecified atom stereocenters. The molecule has 2 aliphatic rings. The summed E-state index contributed by atoms with van der Waals surface area (Å²) in [5, 5.41) is 0. The molecule has 3 aromatic rings. The molecule has 5 rings (SSSR count). The number of hydrogen-bond donors (Lipinski definition) is 1. The highest BCUT2D eigenvalue weighted by Gasteiger charge is 2.47. The second-order valence-electron chi connectivity index (χ2n) is 7.23. The Hall–Kier alpha value is -3.27. The molecule has 0 aliphatic carbocycles. The van der Waals surface area contributed by atoms with E-state index in [4.69, 9.17) is 20.2 Å². The molecule has 4 nitrogen and oxygen atoms in total. The number of benzene rings is 3. The average molecular weight is 356 g/mol. The summed E-state index contributed by atoms with van der Waals surface area (Å²) in [6.07, 6.45) is 0. The highest BCUT2D eigenvalue weighted by molar-refractivity contribution is 5.78. The molecule has 0 saturated heterocycles. The quantitative estimate of drug-likeness (QED) is 0.690. The van der Waals surface area contributed by atoms with Crippen LogP contribution in [0.1, 0.15) is 22.3 Å². The molecule has 134 valence electrons. The third-order valence-electron chi connectivity index (χ3n) is 5.41. The van der Waals surface area contributed by atoms with Crippen molar-refractivity contribution in [3.05, 3.63) is 82.9 Å². The predicted octanol–water partition coefficient (Wildman–Crippen LogP) is 4.66. The van der Waals surface area contributed by atoms with Gasteiger partial charge in [0.2, 0.25) is 0 Å². The number of fused-ring (bicyclic) bond motifs is 4. The van der Waals surface area contributed by atoms with Crippen LogP contribution in [0.3, 0.4) is 0 Å². The van der Waals surface area contributed by atoms with Crippen molar-refractivity contribution in [2.45, 2.75) is 19.4 Å². The van der Waals surface area contributed by atoms with Gasteiger partial charge in [-0.2, -0.15) is 0 Å². The number of ether oxygens (including phenoxy) is 2. The van der Waals surface area contributed by atoms with E-state index in [1.54, 1.807) is 0 Å². The van der Waals surface area contributed by atoms with E-state index in [0.717, 1.165) is 33.8 Å². The standard InChI is InChI=1S/C23H20N2O2/c1-14-7-9-18-21(11-14)27-20-10-8-16(17-6-4-3-5-15(17)2)12-19(20)23(18)13-26-22(24)25-23/h3-12H,13H2,1-2H3,(H2,24,25). The Balaban J connectivity index is 1.75. The van der Waals surface area contributed by atoms with E-state index in [-0.39, 0.29) is 6.02 Å². The molecule has 0 amide bonds. The van der Waals surface area contributed by atoms with Gasteiger partial charge in [0.1, 0.15) is 18.1 Å². The summed E-state index contributed by atoms with van der Waals surface area (Å²) in [5.74, 6) is 1.61. The van der Waals surface area contributed by atoms with Crippen LogP contribution in [0.2, 0.25) is 0 Å². The number of rotatable bonds is 1. The van der Waals surface area contributed by atoms with Crippen molar-refractivity contribution in [2.24, 2.45) is 10.7 Å². The molecule has 2 heterocycles. The summed E-state index contributed by atoms with van der Waals surface area (Å²) in [7, 11) is 0. The number of amidine groups is 1. The SMILES string of the molecule is Cc1ccc2c(c1)Oc1ccc(-c3ccccc3C)cc1C21COC(N)=N1. The molecule has 4 heteroatoms. The molecule has 0 bridgehead atoms. The van der Waals surface area contributed by atoms with Crippen LogP contribution in [0.5, 0.6) is 11.5 Å². The maximum absolute atomic E-state index is 6.24. The van der Waals surface area contributed by atoms with Gasteiger partial charge in [0.15, 0.2) is 5.54 Å². The van der Waals surface area contributed by atoms with Gasteiger partial charge in [0.05, 0.1) is 0 Å². The van der Waals surface area contributed by atoms with Crippen LogP contribution in [0.15, 0.2) is 65.7 Å².